The summed E-state index contributed by atoms with van der Waals surface area (Å²) in [5.74, 6) is -0.337. The average molecular weight is 405 g/mol. The molecule has 0 aromatic heterocycles. The number of halogens is 1. The minimum absolute atomic E-state index is 0.131. The molecular formula is C23H29ClO4. The third-order valence-corrected chi connectivity index (χ3v) is 6.71. The molecule has 1 unspecified atom stereocenters. The monoisotopic (exact) mass is 404 g/mol. The summed E-state index contributed by atoms with van der Waals surface area (Å²) in [7, 11) is 0. The number of benzene rings is 1. The third-order valence-electron chi connectivity index (χ3n) is 6.22. The number of hydrogen-bond acceptors (Lipinski definition) is 4. The van der Waals surface area contributed by atoms with Crippen molar-refractivity contribution in [1.82, 2.24) is 0 Å². The van der Waals surface area contributed by atoms with Crippen molar-refractivity contribution in [3.63, 3.8) is 0 Å². The van der Waals surface area contributed by atoms with E-state index in [2.05, 4.69) is 27.4 Å². The first kappa shape index (κ1) is 21.1. The van der Waals surface area contributed by atoms with Gasteiger partial charge >= 0.3 is 5.97 Å². The molecule has 28 heavy (non-hydrogen) atoms. The van der Waals surface area contributed by atoms with Gasteiger partial charge < -0.3 is 14.2 Å². The van der Waals surface area contributed by atoms with E-state index < -0.39 is 18.0 Å². The summed E-state index contributed by atoms with van der Waals surface area (Å²) in [4.78, 5) is 11.5. The topological polar surface area (TPSA) is 44.8 Å². The van der Waals surface area contributed by atoms with E-state index in [9.17, 15) is 4.79 Å². The van der Waals surface area contributed by atoms with E-state index in [1.165, 1.54) is 12.5 Å². The predicted molar refractivity (Wildman–Crippen MR) is 110 cm³/mol. The zero-order chi connectivity index (χ0) is 20.5. The number of carbonyl (C=O) groups excluding carboxylic acids is 1. The summed E-state index contributed by atoms with van der Waals surface area (Å²) < 4.78 is 18.4. The summed E-state index contributed by atoms with van der Waals surface area (Å²) in [6.45, 7) is 11.9. The van der Waals surface area contributed by atoms with Crippen molar-refractivity contribution < 1.29 is 19.0 Å². The molecular weight excluding hydrogens is 376 g/mol. The number of ether oxygens (including phenoxy) is 3. The van der Waals surface area contributed by atoms with Gasteiger partial charge in [0.2, 0.25) is 0 Å². The molecule has 1 aliphatic heterocycles. The predicted octanol–water partition coefficient (Wildman–Crippen LogP) is 5.33. The van der Waals surface area contributed by atoms with Crippen molar-refractivity contribution >= 4 is 17.6 Å². The van der Waals surface area contributed by atoms with E-state index in [0.717, 1.165) is 17.6 Å². The van der Waals surface area contributed by atoms with Gasteiger partial charge in [0.1, 0.15) is 18.3 Å². The highest BCUT2D eigenvalue weighted by atomic mass is 35.5. The molecule has 0 amide bonds. The molecule has 1 aromatic rings. The number of allylic oxidation sites excluding steroid dienone is 2. The molecule has 5 heteroatoms. The fraction of sp³-hybridized carbons (Fsp3) is 0.522. The van der Waals surface area contributed by atoms with Crippen LogP contribution in [0.3, 0.4) is 0 Å². The highest BCUT2D eigenvalue weighted by Gasteiger charge is 2.62. The van der Waals surface area contributed by atoms with E-state index in [1.807, 2.05) is 36.4 Å². The normalized spacial score (nSPS) is 31.8. The molecule has 4 atom stereocenters. The molecule has 1 fully saturated rings. The number of carbonyl (C=O) groups is 1. The molecule has 1 aliphatic carbocycles. The molecule has 0 radical (unpaired) electrons. The van der Waals surface area contributed by atoms with E-state index in [1.54, 1.807) is 0 Å². The second kappa shape index (κ2) is 8.02. The third kappa shape index (κ3) is 3.54. The summed E-state index contributed by atoms with van der Waals surface area (Å²) >= 11 is 6.78. The van der Waals surface area contributed by atoms with Gasteiger partial charge in [-0.25, -0.2) is 0 Å². The maximum Gasteiger partial charge on any atom is 0.302 e. The number of alkyl halides is 1. The summed E-state index contributed by atoms with van der Waals surface area (Å²) in [5, 5.41) is -0.180. The lowest BCUT2D eigenvalue weighted by Gasteiger charge is -2.52. The summed E-state index contributed by atoms with van der Waals surface area (Å²) in [6.07, 6.45) is 2.25. The van der Waals surface area contributed by atoms with Gasteiger partial charge in [-0.05, 0) is 13.3 Å². The molecule has 1 spiro atoms. The zero-order valence-electron chi connectivity index (χ0n) is 17.0. The Hall–Kier alpha value is -1.62. The largest absolute Gasteiger partial charge is 0.463 e. The average Bonchev–Trinajstić information content (AvgIpc) is 3.03. The number of hydrogen-bond donors (Lipinski definition) is 0. The van der Waals surface area contributed by atoms with Crippen molar-refractivity contribution in [2.45, 2.75) is 63.9 Å². The number of rotatable bonds is 5. The van der Waals surface area contributed by atoms with Gasteiger partial charge in [-0.15, -0.1) is 18.2 Å². The summed E-state index contributed by atoms with van der Waals surface area (Å²) in [6, 6.07) is 9.83. The van der Waals surface area contributed by atoms with Crippen LogP contribution in [0.15, 0.2) is 54.1 Å². The van der Waals surface area contributed by atoms with Crippen LogP contribution in [0.1, 0.15) is 52.4 Å². The van der Waals surface area contributed by atoms with Crippen LogP contribution in [0.5, 0.6) is 0 Å². The van der Waals surface area contributed by atoms with Gasteiger partial charge in [0.15, 0.2) is 6.29 Å². The molecule has 1 aromatic carbocycles. The lowest BCUT2D eigenvalue weighted by atomic mass is 9.59. The molecule has 0 saturated carbocycles. The number of esters is 1. The Bertz CT molecular complexity index is 770. The minimum Gasteiger partial charge on any atom is -0.463 e. The first-order valence-corrected chi connectivity index (χ1v) is 10.1. The lowest BCUT2D eigenvalue weighted by Crippen LogP contribution is -2.58. The Labute approximate surface area is 172 Å². The van der Waals surface area contributed by atoms with Gasteiger partial charge in [0.05, 0.1) is 5.38 Å². The first-order chi connectivity index (χ1) is 13.2. The smallest absolute Gasteiger partial charge is 0.302 e. The van der Waals surface area contributed by atoms with Crippen LogP contribution >= 0.6 is 11.6 Å². The molecule has 0 N–H and O–H groups in total. The van der Waals surface area contributed by atoms with Gasteiger partial charge in [0.25, 0.3) is 0 Å². The van der Waals surface area contributed by atoms with Crippen molar-refractivity contribution in [1.29, 1.82) is 0 Å². The standard InChI is InChI=1S/C23H29ClO4/c1-6-10-18-15(2)19(24)13-23(22(18,4)5)20(14-26-16(3)25)27-21(28-23)17-11-8-7-9-12-17/h6-9,11-12,19-21H,1,10,13-14H2,2-5H3/t19?,20-,21-,23+/m0/s1. The van der Waals surface area contributed by atoms with Crippen molar-refractivity contribution in [2.75, 3.05) is 6.61 Å². The zero-order valence-corrected chi connectivity index (χ0v) is 17.8. The van der Waals surface area contributed by atoms with Crippen molar-refractivity contribution in [3.05, 3.63) is 59.7 Å². The van der Waals surface area contributed by atoms with Crippen LogP contribution in [0.4, 0.5) is 0 Å². The fourth-order valence-corrected chi connectivity index (χ4v) is 4.94. The molecule has 1 heterocycles. The van der Waals surface area contributed by atoms with Crippen LogP contribution in [0, 0.1) is 5.41 Å². The van der Waals surface area contributed by atoms with Crippen molar-refractivity contribution in [2.24, 2.45) is 5.41 Å². The highest BCUT2D eigenvalue weighted by Crippen LogP contribution is 2.58. The molecule has 3 rings (SSSR count). The minimum atomic E-state index is -0.715. The SMILES string of the molecule is C=CCC1=C(C)C(Cl)C[C@]2(O[C@@H](c3ccccc3)O[C@H]2COC(C)=O)C1(C)C. The fourth-order valence-electron chi connectivity index (χ4n) is 4.58. The van der Waals surface area contributed by atoms with E-state index in [4.69, 9.17) is 25.8 Å². The maximum atomic E-state index is 11.5. The van der Waals surface area contributed by atoms with Crippen molar-refractivity contribution in [3.8, 4) is 0 Å². The Kier molecular flexibility index (Phi) is 6.04. The second-order valence-corrected chi connectivity index (χ2v) is 8.66. The van der Waals surface area contributed by atoms with Crippen LogP contribution in [-0.4, -0.2) is 29.7 Å². The van der Waals surface area contributed by atoms with E-state index in [0.29, 0.717) is 6.42 Å². The Morgan fingerprint density at radius 2 is 2.04 bits per heavy atom. The second-order valence-electron chi connectivity index (χ2n) is 8.13. The van der Waals surface area contributed by atoms with E-state index in [-0.39, 0.29) is 23.4 Å². The van der Waals surface area contributed by atoms with Gasteiger partial charge in [-0.2, -0.15) is 0 Å². The molecule has 4 nitrogen and oxygen atoms in total. The molecule has 0 bridgehead atoms. The summed E-state index contributed by atoms with van der Waals surface area (Å²) in [5.41, 5.74) is 2.22. The Morgan fingerprint density at radius 1 is 1.36 bits per heavy atom. The molecule has 152 valence electrons. The first-order valence-electron chi connectivity index (χ1n) is 9.69. The maximum absolute atomic E-state index is 11.5. The van der Waals surface area contributed by atoms with Gasteiger partial charge in [-0.1, -0.05) is 61.4 Å². The lowest BCUT2D eigenvalue weighted by molar-refractivity contribution is -0.148. The molecule has 2 aliphatic rings. The Balaban J connectivity index is 2.05. The Morgan fingerprint density at radius 3 is 2.64 bits per heavy atom. The van der Waals surface area contributed by atoms with E-state index >= 15 is 0 Å². The van der Waals surface area contributed by atoms with Crippen LogP contribution in [-0.2, 0) is 19.0 Å². The molecule has 1 saturated heterocycles. The van der Waals surface area contributed by atoms with Crippen LogP contribution < -0.4 is 0 Å². The van der Waals surface area contributed by atoms with Gasteiger partial charge in [0, 0.05) is 24.3 Å². The van der Waals surface area contributed by atoms with Crippen LogP contribution in [0.25, 0.3) is 0 Å². The van der Waals surface area contributed by atoms with Crippen LogP contribution in [0.2, 0.25) is 0 Å². The van der Waals surface area contributed by atoms with Gasteiger partial charge in [-0.3, -0.25) is 4.79 Å². The quantitative estimate of drug-likeness (QED) is 0.378. The highest BCUT2D eigenvalue weighted by molar-refractivity contribution is 6.22.